The van der Waals surface area contributed by atoms with Gasteiger partial charge in [0.1, 0.15) is 0 Å². The molecule has 0 atom stereocenters. The Balaban J connectivity index is 1.46. The van der Waals surface area contributed by atoms with Crippen molar-refractivity contribution >= 4 is 21.6 Å². The van der Waals surface area contributed by atoms with Crippen LogP contribution in [0.4, 0.5) is 5.69 Å². The SMILES string of the molecule is Cc1ccc(S(=O)(=O)NCCCC(=O)Nc2ccc3c(c2)CCC3)cc1C. The molecule has 1 aliphatic rings. The molecule has 0 fully saturated rings. The first-order valence-corrected chi connectivity index (χ1v) is 10.8. The standard InChI is InChI=1S/C21H26N2O3S/c1-15-8-11-20(13-16(15)2)27(25,26)22-12-4-7-21(24)23-19-10-9-17-5-3-6-18(17)14-19/h8-11,13-14,22H,3-7,12H2,1-2H3,(H,23,24). The van der Waals surface area contributed by atoms with E-state index in [1.54, 1.807) is 18.2 Å². The zero-order chi connectivity index (χ0) is 19.4. The van der Waals surface area contributed by atoms with E-state index < -0.39 is 10.0 Å². The largest absolute Gasteiger partial charge is 0.326 e. The number of fused-ring (bicyclic) bond motifs is 1. The molecule has 2 aromatic carbocycles. The molecule has 0 saturated carbocycles. The van der Waals surface area contributed by atoms with Crippen molar-refractivity contribution in [3.8, 4) is 0 Å². The lowest BCUT2D eigenvalue weighted by Crippen LogP contribution is -2.26. The maximum absolute atomic E-state index is 12.3. The second kappa shape index (κ2) is 8.23. The van der Waals surface area contributed by atoms with E-state index in [1.165, 1.54) is 17.5 Å². The molecule has 2 N–H and O–H groups in total. The van der Waals surface area contributed by atoms with Gasteiger partial charge >= 0.3 is 0 Å². The van der Waals surface area contributed by atoms with Gasteiger partial charge in [0.15, 0.2) is 0 Å². The number of amides is 1. The van der Waals surface area contributed by atoms with Crippen LogP contribution in [0.3, 0.4) is 0 Å². The maximum atomic E-state index is 12.3. The highest BCUT2D eigenvalue weighted by Gasteiger charge is 2.15. The van der Waals surface area contributed by atoms with Crippen LogP contribution >= 0.6 is 0 Å². The third-order valence-electron chi connectivity index (χ3n) is 5.04. The molecule has 0 saturated heterocycles. The Labute approximate surface area is 161 Å². The average molecular weight is 387 g/mol. The van der Waals surface area contributed by atoms with Crippen LogP contribution in [0.1, 0.15) is 41.5 Å². The van der Waals surface area contributed by atoms with Crippen LogP contribution < -0.4 is 10.0 Å². The number of hydrogen-bond donors (Lipinski definition) is 2. The molecule has 0 aromatic heterocycles. The Morgan fingerprint density at radius 3 is 2.56 bits per heavy atom. The lowest BCUT2D eigenvalue weighted by Gasteiger charge is -2.09. The lowest BCUT2D eigenvalue weighted by atomic mass is 10.1. The summed E-state index contributed by atoms with van der Waals surface area (Å²) in [5.74, 6) is -0.0988. The molecule has 3 rings (SSSR count). The van der Waals surface area contributed by atoms with E-state index in [9.17, 15) is 13.2 Å². The minimum absolute atomic E-state index is 0.0988. The van der Waals surface area contributed by atoms with Gasteiger partial charge < -0.3 is 5.32 Å². The Hall–Kier alpha value is -2.18. The molecule has 0 heterocycles. The van der Waals surface area contributed by atoms with Crippen LogP contribution in [0.5, 0.6) is 0 Å². The van der Waals surface area contributed by atoms with Crippen molar-refractivity contribution in [3.05, 3.63) is 58.7 Å². The summed E-state index contributed by atoms with van der Waals surface area (Å²) in [7, 11) is -3.54. The van der Waals surface area contributed by atoms with E-state index in [2.05, 4.69) is 16.1 Å². The summed E-state index contributed by atoms with van der Waals surface area (Å²) < 4.78 is 27.2. The fourth-order valence-corrected chi connectivity index (χ4v) is 4.45. The van der Waals surface area contributed by atoms with E-state index in [0.29, 0.717) is 6.42 Å². The summed E-state index contributed by atoms with van der Waals surface area (Å²) in [6, 6.07) is 11.1. The number of sulfonamides is 1. The van der Waals surface area contributed by atoms with Crippen molar-refractivity contribution in [2.24, 2.45) is 0 Å². The Morgan fingerprint density at radius 1 is 1.00 bits per heavy atom. The van der Waals surface area contributed by atoms with Gasteiger partial charge in [0, 0.05) is 18.7 Å². The molecule has 0 aliphatic heterocycles. The molecule has 0 spiro atoms. The Bertz CT molecular complexity index is 952. The lowest BCUT2D eigenvalue weighted by molar-refractivity contribution is -0.116. The molecule has 27 heavy (non-hydrogen) atoms. The van der Waals surface area contributed by atoms with Crippen LogP contribution in [-0.2, 0) is 27.7 Å². The predicted octanol–water partition coefficient (Wildman–Crippen LogP) is 3.49. The number of aryl methyl sites for hydroxylation is 4. The Kier molecular flexibility index (Phi) is 5.97. The van der Waals surface area contributed by atoms with Crippen molar-refractivity contribution in [1.29, 1.82) is 0 Å². The number of carbonyl (C=O) groups excluding carboxylic acids is 1. The van der Waals surface area contributed by atoms with Crippen molar-refractivity contribution in [1.82, 2.24) is 4.72 Å². The van der Waals surface area contributed by atoms with Gasteiger partial charge in [0.2, 0.25) is 15.9 Å². The minimum Gasteiger partial charge on any atom is -0.326 e. The first-order valence-electron chi connectivity index (χ1n) is 9.34. The highest BCUT2D eigenvalue weighted by Crippen LogP contribution is 2.25. The van der Waals surface area contributed by atoms with Crippen molar-refractivity contribution in [2.75, 3.05) is 11.9 Å². The van der Waals surface area contributed by atoms with Crippen molar-refractivity contribution < 1.29 is 13.2 Å². The van der Waals surface area contributed by atoms with Gasteiger partial charge in [0.05, 0.1) is 4.90 Å². The van der Waals surface area contributed by atoms with E-state index >= 15 is 0 Å². The fraction of sp³-hybridized carbons (Fsp3) is 0.381. The first-order chi connectivity index (χ1) is 12.8. The van der Waals surface area contributed by atoms with Gasteiger partial charge in [-0.05, 0) is 86.1 Å². The number of hydrogen-bond acceptors (Lipinski definition) is 3. The molecule has 6 heteroatoms. The molecular weight excluding hydrogens is 360 g/mol. The molecule has 144 valence electrons. The number of benzene rings is 2. The first kappa shape index (κ1) is 19.6. The van der Waals surface area contributed by atoms with Gasteiger partial charge in [-0.2, -0.15) is 0 Å². The highest BCUT2D eigenvalue weighted by molar-refractivity contribution is 7.89. The van der Waals surface area contributed by atoms with Crippen molar-refractivity contribution in [3.63, 3.8) is 0 Å². The summed E-state index contributed by atoms with van der Waals surface area (Å²) >= 11 is 0. The second-order valence-corrected chi connectivity index (χ2v) is 8.90. The normalized spacial score (nSPS) is 13.4. The molecule has 1 amide bonds. The van der Waals surface area contributed by atoms with E-state index in [-0.39, 0.29) is 23.8 Å². The molecule has 0 unspecified atom stereocenters. The number of carbonyl (C=O) groups is 1. The van der Waals surface area contributed by atoms with Crippen molar-refractivity contribution in [2.45, 2.75) is 50.8 Å². The van der Waals surface area contributed by atoms with Gasteiger partial charge in [-0.15, -0.1) is 0 Å². The molecule has 2 aromatic rings. The molecular formula is C21H26N2O3S. The van der Waals surface area contributed by atoms with Crippen LogP contribution in [-0.4, -0.2) is 20.9 Å². The Morgan fingerprint density at radius 2 is 1.78 bits per heavy atom. The van der Waals surface area contributed by atoms with E-state index in [4.69, 9.17) is 0 Å². The predicted molar refractivity (Wildman–Crippen MR) is 107 cm³/mol. The van der Waals surface area contributed by atoms with Gasteiger partial charge in [0.25, 0.3) is 0 Å². The summed E-state index contributed by atoms with van der Waals surface area (Å²) in [5, 5.41) is 2.90. The smallest absolute Gasteiger partial charge is 0.240 e. The monoisotopic (exact) mass is 386 g/mol. The summed E-state index contributed by atoms with van der Waals surface area (Å²) in [6.07, 6.45) is 4.07. The van der Waals surface area contributed by atoms with Crippen LogP contribution in [0.15, 0.2) is 41.3 Å². The highest BCUT2D eigenvalue weighted by atomic mass is 32.2. The molecule has 0 radical (unpaired) electrons. The third kappa shape index (κ3) is 4.96. The quantitative estimate of drug-likeness (QED) is 0.715. The van der Waals surface area contributed by atoms with Crippen LogP contribution in [0.2, 0.25) is 0 Å². The minimum atomic E-state index is -3.54. The number of nitrogens with one attached hydrogen (secondary N) is 2. The molecule has 1 aliphatic carbocycles. The van der Waals surface area contributed by atoms with Crippen LogP contribution in [0.25, 0.3) is 0 Å². The second-order valence-electron chi connectivity index (χ2n) is 7.13. The van der Waals surface area contributed by atoms with Crippen LogP contribution in [0, 0.1) is 13.8 Å². The number of rotatable bonds is 7. The topological polar surface area (TPSA) is 75.3 Å². The molecule has 5 nitrogen and oxygen atoms in total. The summed E-state index contributed by atoms with van der Waals surface area (Å²) in [6.45, 7) is 4.06. The van der Waals surface area contributed by atoms with Gasteiger partial charge in [-0.1, -0.05) is 12.1 Å². The average Bonchev–Trinajstić information content (AvgIpc) is 3.09. The third-order valence-corrected chi connectivity index (χ3v) is 6.50. The summed E-state index contributed by atoms with van der Waals surface area (Å²) in [5.41, 5.74) is 5.49. The van der Waals surface area contributed by atoms with E-state index in [0.717, 1.165) is 29.7 Å². The summed E-state index contributed by atoms with van der Waals surface area (Å²) in [4.78, 5) is 12.4. The molecule has 0 bridgehead atoms. The maximum Gasteiger partial charge on any atom is 0.240 e. The van der Waals surface area contributed by atoms with E-state index in [1.807, 2.05) is 26.0 Å². The number of anilines is 1. The van der Waals surface area contributed by atoms with Gasteiger partial charge in [-0.3, -0.25) is 4.79 Å². The zero-order valence-electron chi connectivity index (χ0n) is 15.8. The zero-order valence-corrected chi connectivity index (χ0v) is 16.7. The fourth-order valence-electron chi connectivity index (χ4n) is 3.29. The van der Waals surface area contributed by atoms with Gasteiger partial charge in [-0.25, -0.2) is 13.1 Å².